The van der Waals surface area contributed by atoms with Gasteiger partial charge in [0.15, 0.2) is 5.16 Å². The highest BCUT2D eigenvalue weighted by Gasteiger charge is 2.13. The number of nitrogens with zero attached hydrogens (tertiary/aromatic N) is 4. The summed E-state index contributed by atoms with van der Waals surface area (Å²) in [5, 5.41) is 13.6. The molecule has 0 saturated heterocycles. The van der Waals surface area contributed by atoms with E-state index in [2.05, 4.69) is 20.7 Å². The molecule has 0 fully saturated rings. The Morgan fingerprint density at radius 1 is 1.19 bits per heavy atom. The van der Waals surface area contributed by atoms with E-state index in [1.807, 2.05) is 41.8 Å². The summed E-state index contributed by atoms with van der Waals surface area (Å²) >= 11 is 13.3. The quantitative estimate of drug-likeness (QED) is 0.370. The van der Waals surface area contributed by atoms with Gasteiger partial charge in [0, 0.05) is 11.3 Å². The largest absolute Gasteiger partial charge is 0.274 e. The summed E-state index contributed by atoms with van der Waals surface area (Å²) in [5.74, 6) is 0.623. The zero-order chi connectivity index (χ0) is 19.2. The molecule has 1 heterocycles. The summed E-state index contributed by atoms with van der Waals surface area (Å²) < 4.78 is 1.90. The summed E-state index contributed by atoms with van der Waals surface area (Å²) in [6, 6.07) is 14.9. The molecule has 0 aliphatic heterocycles. The van der Waals surface area contributed by atoms with Crippen molar-refractivity contribution in [3.05, 3.63) is 70.0 Å². The lowest BCUT2D eigenvalue weighted by Crippen LogP contribution is -2.20. The molecular weight excluding hydrogens is 405 g/mol. The summed E-state index contributed by atoms with van der Waals surface area (Å²) in [7, 11) is 0. The fraction of sp³-hybridized carbons (Fsp3) is 0.111. The second-order valence-corrected chi connectivity index (χ2v) is 7.15. The first-order valence-corrected chi connectivity index (χ1v) is 9.66. The van der Waals surface area contributed by atoms with Gasteiger partial charge in [-0.25, -0.2) is 5.43 Å². The molecule has 0 saturated carbocycles. The molecule has 1 aromatic heterocycles. The Morgan fingerprint density at radius 2 is 1.96 bits per heavy atom. The number of amides is 1. The number of halogens is 2. The van der Waals surface area contributed by atoms with E-state index in [0.29, 0.717) is 20.8 Å². The lowest BCUT2D eigenvalue weighted by Gasteiger charge is -2.07. The van der Waals surface area contributed by atoms with Crippen LogP contribution in [0.25, 0.3) is 5.69 Å². The number of benzene rings is 2. The zero-order valence-corrected chi connectivity index (χ0v) is 16.6. The Labute approximate surface area is 170 Å². The number of carbonyl (C=O) groups is 1. The lowest BCUT2D eigenvalue weighted by molar-refractivity contribution is -0.118. The van der Waals surface area contributed by atoms with Crippen molar-refractivity contribution >= 4 is 47.1 Å². The highest BCUT2D eigenvalue weighted by Crippen LogP contribution is 2.24. The Balaban J connectivity index is 1.60. The number of hydrazone groups is 1. The molecule has 1 amide bonds. The average molecular weight is 420 g/mol. The van der Waals surface area contributed by atoms with Gasteiger partial charge in [0.2, 0.25) is 0 Å². The van der Waals surface area contributed by atoms with Crippen LogP contribution in [0.1, 0.15) is 11.4 Å². The van der Waals surface area contributed by atoms with E-state index in [4.69, 9.17) is 23.2 Å². The molecule has 0 unspecified atom stereocenters. The van der Waals surface area contributed by atoms with Crippen molar-refractivity contribution in [2.75, 3.05) is 5.75 Å². The van der Waals surface area contributed by atoms with Crippen molar-refractivity contribution < 1.29 is 4.79 Å². The molecule has 1 N–H and O–H groups in total. The van der Waals surface area contributed by atoms with Gasteiger partial charge in [-0.05, 0) is 25.1 Å². The number of hydrogen-bond acceptors (Lipinski definition) is 5. The van der Waals surface area contributed by atoms with Gasteiger partial charge < -0.3 is 0 Å². The zero-order valence-electron chi connectivity index (χ0n) is 14.3. The third-order valence-electron chi connectivity index (χ3n) is 3.52. The number of carbonyl (C=O) groups excluding carboxylic acids is 1. The van der Waals surface area contributed by atoms with E-state index >= 15 is 0 Å². The number of para-hydroxylation sites is 1. The molecule has 27 heavy (non-hydrogen) atoms. The number of aromatic nitrogens is 3. The van der Waals surface area contributed by atoms with Crippen LogP contribution in [0, 0.1) is 6.92 Å². The molecule has 6 nitrogen and oxygen atoms in total. The number of hydrogen-bond donors (Lipinski definition) is 1. The Bertz CT molecular complexity index is 975. The minimum atomic E-state index is -0.269. The topological polar surface area (TPSA) is 72.2 Å². The predicted molar refractivity (Wildman–Crippen MR) is 109 cm³/mol. The van der Waals surface area contributed by atoms with Crippen molar-refractivity contribution in [3.8, 4) is 5.69 Å². The molecule has 0 spiro atoms. The number of aryl methyl sites for hydroxylation is 1. The van der Waals surface area contributed by atoms with E-state index in [-0.39, 0.29) is 11.7 Å². The van der Waals surface area contributed by atoms with Crippen molar-refractivity contribution in [3.63, 3.8) is 0 Å². The van der Waals surface area contributed by atoms with Gasteiger partial charge in [0.1, 0.15) is 5.82 Å². The highest BCUT2D eigenvalue weighted by atomic mass is 35.5. The van der Waals surface area contributed by atoms with E-state index in [1.165, 1.54) is 18.0 Å². The Hall–Kier alpha value is -2.35. The van der Waals surface area contributed by atoms with Crippen LogP contribution >= 0.6 is 35.0 Å². The predicted octanol–water partition coefficient (Wildman–Crippen LogP) is 4.12. The third-order valence-corrected chi connectivity index (χ3v) is 5.28. The number of thioether (sulfide) groups is 1. The minimum Gasteiger partial charge on any atom is -0.274 e. The molecular formula is C18H15Cl2N5OS. The SMILES string of the molecule is Cc1nnc(SCC(=O)N/N=C\c2cccc(Cl)c2Cl)n1-c1ccccc1. The van der Waals surface area contributed by atoms with E-state index in [1.54, 1.807) is 18.2 Å². The molecule has 9 heteroatoms. The van der Waals surface area contributed by atoms with Gasteiger partial charge in [-0.15, -0.1) is 10.2 Å². The monoisotopic (exact) mass is 419 g/mol. The third kappa shape index (κ3) is 4.88. The van der Waals surface area contributed by atoms with Gasteiger partial charge >= 0.3 is 0 Å². The fourth-order valence-corrected chi connectivity index (χ4v) is 3.41. The van der Waals surface area contributed by atoms with Crippen LogP contribution in [0.15, 0.2) is 58.8 Å². The Kier molecular flexibility index (Phi) is 6.49. The molecule has 3 aromatic rings. The van der Waals surface area contributed by atoms with Crippen LogP contribution in [0.3, 0.4) is 0 Å². The normalized spacial score (nSPS) is 11.1. The number of nitrogens with one attached hydrogen (secondary N) is 1. The minimum absolute atomic E-state index is 0.144. The summed E-state index contributed by atoms with van der Waals surface area (Å²) in [6.45, 7) is 1.86. The van der Waals surface area contributed by atoms with Crippen molar-refractivity contribution in [2.24, 2.45) is 5.10 Å². The second-order valence-electron chi connectivity index (χ2n) is 5.43. The Morgan fingerprint density at radius 3 is 2.74 bits per heavy atom. The van der Waals surface area contributed by atoms with Crippen LogP contribution < -0.4 is 5.43 Å². The van der Waals surface area contributed by atoms with E-state index in [0.717, 1.165) is 11.5 Å². The molecule has 3 rings (SSSR count). The molecule has 0 aliphatic carbocycles. The maximum absolute atomic E-state index is 12.1. The second kappa shape index (κ2) is 9.03. The number of rotatable bonds is 6. The lowest BCUT2D eigenvalue weighted by atomic mass is 10.2. The maximum Gasteiger partial charge on any atom is 0.250 e. The van der Waals surface area contributed by atoms with Crippen LogP contribution in [0.5, 0.6) is 0 Å². The van der Waals surface area contributed by atoms with Crippen LogP contribution in [0.4, 0.5) is 0 Å². The molecule has 0 radical (unpaired) electrons. The summed E-state index contributed by atoms with van der Waals surface area (Å²) in [5.41, 5.74) is 4.03. The highest BCUT2D eigenvalue weighted by molar-refractivity contribution is 7.99. The average Bonchev–Trinajstić information content (AvgIpc) is 3.04. The van der Waals surface area contributed by atoms with Crippen LogP contribution in [0.2, 0.25) is 10.0 Å². The first kappa shape index (κ1) is 19.4. The van der Waals surface area contributed by atoms with Gasteiger partial charge in [0.05, 0.1) is 22.0 Å². The molecule has 138 valence electrons. The fourth-order valence-electron chi connectivity index (χ4n) is 2.27. The first-order chi connectivity index (χ1) is 13.1. The van der Waals surface area contributed by atoms with Gasteiger partial charge in [-0.1, -0.05) is 65.3 Å². The van der Waals surface area contributed by atoms with Crippen molar-refractivity contribution in [1.29, 1.82) is 0 Å². The van der Waals surface area contributed by atoms with Gasteiger partial charge in [-0.2, -0.15) is 5.10 Å². The van der Waals surface area contributed by atoms with Crippen LogP contribution in [-0.4, -0.2) is 32.6 Å². The van der Waals surface area contributed by atoms with E-state index < -0.39 is 0 Å². The standard InChI is InChI=1S/C18H15Cl2N5OS/c1-12-22-24-18(25(12)14-7-3-2-4-8-14)27-11-16(26)23-21-10-13-6-5-9-15(19)17(13)20/h2-10H,11H2,1H3,(H,23,26)/b21-10-. The van der Waals surface area contributed by atoms with E-state index in [9.17, 15) is 4.79 Å². The molecule has 2 aromatic carbocycles. The van der Waals surface area contributed by atoms with Crippen molar-refractivity contribution in [1.82, 2.24) is 20.2 Å². The van der Waals surface area contributed by atoms with Gasteiger partial charge in [-0.3, -0.25) is 9.36 Å². The maximum atomic E-state index is 12.1. The van der Waals surface area contributed by atoms with Crippen LogP contribution in [-0.2, 0) is 4.79 Å². The smallest absolute Gasteiger partial charge is 0.250 e. The summed E-state index contributed by atoms with van der Waals surface area (Å²) in [6.07, 6.45) is 1.45. The molecule has 0 atom stereocenters. The molecule has 0 bridgehead atoms. The van der Waals surface area contributed by atoms with Gasteiger partial charge in [0.25, 0.3) is 5.91 Å². The van der Waals surface area contributed by atoms with Crippen molar-refractivity contribution in [2.45, 2.75) is 12.1 Å². The first-order valence-electron chi connectivity index (χ1n) is 7.92. The summed E-state index contributed by atoms with van der Waals surface area (Å²) in [4.78, 5) is 12.1. The molecule has 0 aliphatic rings.